The number of amides is 1. The van der Waals surface area contributed by atoms with Gasteiger partial charge in [0.1, 0.15) is 0 Å². The van der Waals surface area contributed by atoms with E-state index in [9.17, 15) is 23.1 Å². The topological polar surface area (TPSA) is 61.4 Å². The highest BCUT2D eigenvalue weighted by molar-refractivity contribution is 5.92. The SMILES string of the molecule is CCC(C)C(=O)Nc1cccc(CNCC(C)(O)c2cccc(C(F)(F)F)c2)c1. The van der Waals surface area contributed by atoms with Crippen molar-refractivity contribution in [1.82, 2.24) is 5.32 Å². The van der Waals surface area contributed by atoms with E-state index in [2.05, 4.69) is 10.6 Å². The van der Waals surface area contributed by atoms with E-state index in [1.54, 1.807) is 6.07 Å². The average molecular weight is 408 g/mol. The van der Waals surface area contributed by atoms with Crippen LogP contribution in [0.25, 0.3) is 0 Å². The lowest BCUT2D eigenvalue weighted by molar-refractivity contribution is -0.137. The van der Waals surface area contributed by atoms with Crippen molar-refractivity contribution in [2.24, 2.45) is 5.92 Å². The Bertz CT molecular complexity index is 835. The summed E-state index contributed by atoms with van der Waals surface area (Å²) in [6, 6.07) is 12.0. The van der Waals surface area contributed by atoms with Crippen LogP contribution in [-0.4, -0.2) is 17.6 Å². The fourth-order valence-electron chi connectivity index (χ4n) is 2.79. The number of halogens is 3. The van der Waals surface area contributed by atoms with Crippen LogP contribution in [0.2, 0.25) is 0 Å². The number of nitrogens with one attached hydrogen (secondary N) is 2. The van der Waals surface area contributed by atoms with Crippen molar-refractivity contribution in [3.63, 3.8) is 0 Å². The Morgan fingerprint density at radius 2 is 1.76 bits per heavy atom. The Morgan fingerprint density at radius 1 is 1.10 bits per heavy atom. The van der Waals surface area contributed by atoms with Crippen LogP contribution >= 0.6 is 0 Å². The number of carbonyl (C=O) groups is 1. The van der Waals surface area contributed by atoms with Crippen LogP contribution in [0.3, 0.4) is 0 Å². The van der Waals surface area contributed by atoms with Crippen molar-refractivity contribution in [2.45, 2.75) is 45.5 Å². The summed E-state index contributed by atoms with van der Waals surface area (Å²) in [5, 5.41) is 16.6. The fourth-order valence-corrected chi connectivity index (χ4v) is 2.79. The molecule has 0 spiro atoms. The van der Waals surface area contributed by atoms with Gasteiger partial charge in [-0.25, -0.2) is 0 Å². The summed E-state index contributed by atoms with van der Waals surface area (Å²) in [7, 11) is 0. The summed E-state index contributed by atoms with van der Waals surface area (Å²) in [5.74, 6) is -0.135. The Labute approximate surface area is 169 Å². The van der Waals surface area contributed by atoms with Gasteiger partial charge in [0.25, 0.3) is 0 Å². The normalized spacial score (nSPS) is 14.9. The molecular formula is C22H27F3N2O2. The molecule has 2 aromatic rings. The molecule has 0 aromatic heterocycles. The molecule has 7 heteroatoms. The molecule has 0 radical (unpaired) electrons. The smallest absolute Gasteiger partial charge is 0.384 e. The van der Waals surface area contributed by atoms with Gasteiger partial charge >= 0.3 is 6.18 Å². The molecule has 2 atom stereocenters. The van der Waals surface area contributed by atoms with Gasteiger partial charge in [-0.3, -0.25) is 4.79 Å². The highest BCUT2D eigenvalue weighted by Gasteiger charge is 2.32. The predicted octanol–water partition coefficient (Wildman–Crippen LogP) is 4.69. The monoisotopic (exact) mass is 408 g/mol. The molecule has 1 amide bonds. The predicted molar refractivity (Wildman–Crippen MR) is 107 cm³/mol. The first-order chi connectivity index (χ1) is 13.5. The van der Waals surface area contributed by atoms with Gasteiger partial charge in [0.2, 0.25) is 5.91 Å². The fraction of sp³-hybridized carbons (Fsp3) is 0.409. The third-order valence-corrected chi connectivity index (χ3v) is 4.86. The van der Waals surface area contributed by atoms with Crippen molar-refractivity contribution in [2.75, 3.05) is 11.9 Å². The number of benzene rings is 2. The largest absolute Gasteiger partial charge is 0.416 e. The Kier molecular flexibility index (Phi) is 7.43. The van der Waals surface area contributed by atoms with Crippen LogP contribution in [0.4, 0.5) is 18.9 Å². The summed E-state index contributed by atoms with van der Waals surface area (Å²) >= 11 is 0. The third kappa shape index (κ3) is 6.58. The number of rotatable bonds is 8. The molecule has 0 heterocycles. The van der Waals surface area contributed by atoms with E-state index < -0.39 is 17.3 Å². The van der Waals surface area contributed by atoms with Gasteiger partial charge in [-0.1, -0.05) is 38.1 Å². The molecule has 0 fully saturated rings. The summed E-state index contributed by atoms with van der Waals surface area (Å²) in [4.78, 5) is 12.0. The molecule has 0 aliphatic rings. The molecule has 2 aromatic carbocycles. The van der Waals surface area contributed by atoms with E-state index in [1.807, 2.05) is 32.0 Å². The molecule has 158 valence electrons. The molecular weight excluding hydrogens is 381 g/mol. The van der Waals surface area contributed by atoms with E-state index in [0.717, 1.165) is 24.1 Å². The van der Waals surface area contributed by atoms with Crippen molar-refractivity contribution >= 4 is 11.6 Å². The molecule has 0 bridgehead atoms. The molecule has 29 heavy (non-hydrogen) atoms. The number of hydrogen-bond donors (Lipinski definition) is 3. The number of alkyl halides is 3. The van der Waals surface area contributed by atoms with E-state index in [-0.39, 0.29) is 23.9 Å². The Hall–Kier alpha value is -2.38. The van der Waals surface area contributed by atoms with Crippen LogP contribution in [-0.2, 0) is 23.1 Å². The maximum atomic E-state index is 12.9. The lowest BCUT2D eigenvalue weighted by Crippen LogP contribution is -2.35. The van der Waals surface area contributed by atoms with Gasteiger partial charge in [0, 0.05) is 24.7 Å². The van der Waals surface area contributed by atoms with Crippen molar-refractivity contribution in [3.8, 4) is 0 Å². The van der Waals surface area contributed by atoms with Gasteiger partial charge < -0.3 is 15.7 Å². The van der Waals surface area contributed by atoms with Gasteiger partial charge in [-0.2, -0.15) is 13.2 Å². The molecule has 0 saturated carbocycles. The van der Waals surface area contributed by atoms with Crippen LogP contribution in [0.5, 0.6) is 0 Å². The molecule has 4 nitrogen and oxygen atoms in total. The zero-order valence-corrected chi connectivity index (χ0v) is 16.8. The van der Waals surface area contributed by atoms with Gasteiger partial charge in [-0.05, 0) is 48.7 Å². The third-order valence-electron chi connectivity index (χ3n) is 4.86. The summed E-state index contributed by atoms with van der Waals surface area (Å²) in [6.07, 6.45) is -3.71. The van der Waals surface area contributed by atoms with Crippen LogP contribution < -0.4 is 10.6 Å². The summed E-state index contributed by atoms with van der Waals surface area (Å²) in [6.45, 7) is 5.73. The minimum absolute atomic E-state index is 0.0508. The maximum absolute atomic E-state index is 12.9. The van der Waals surface area contributed by atoms with Crippen molar-refractivity contribution in [1.29, 1.82) is 0 Å². The first-order valence-electron chi connectivity index (χ1n) is 9.53. The highest BCUT2D eigenvalue weighted by Crippen LogP contribution is 2.32. The zero-order chi connectivity index (χ0) is 21.7. The van der Waals surface area contributed by atoms with Crippen LogP contribution in [0, 0.1) is 5.92 Å². The second-order valence-corrected chi connectivity index (χ2v) is 7.45. The number of hydrogen-bond acceptors (Lipinski definition) is 3. The summed E-state index contributed by atoms with van der Waals surface area (Å²) < 4.78 is 38.7. The first kappa shape index (κ1) is 22.9. The van der Waals surface area contributed by atoms with Gasteiger partial charge in [0.05, 0.1) is 11.2 Å². The second-order valence-electron chi connectivity index (χ2n) is 7.45. The minimum Gasteiger partial charge on any atom is -0.384 e. The van der Waals surface area contributed by atoms with E-state index in [0.29, 0.717) is 12.2 Å². The molecule has 0 aliphatic heterocycles. The molecule has 2 rings (SSSR count). The average Bonchev–Trinajstić information content (AvgIpc) is 2.67. The Morgan fingerprint density at radius 3 is 2.41 bits per heavy atom. The van der Waals surface area contributed by atoms with E-state index in [4.69, 9.17) is 0 Å². The van der Waals surface area contributed by atoms with Crippen LogP contribution in [0.15, 0.2) is 48.5 Å². The quantitative estimate of drug-likeness (QED) is 0.594. The summed E-state index contributed by atoms with van der Waals surface area (Å²) in [5.41, 5.74) is -0.510. The van der Waals surface area contributed by atoms with Crippen LogP contribution in [0.1, 0.15) is 43.9 Å². The number of anilines is 1. The highest BCUT2D eigenvalue weighted by atomic mass is 19.4. The van der Waals surface area contributed by atoms with E-state index in [1.165, 1.54) is 19.1 Å². The lowest BCUT2D eigenvalue weighted by Gasteiger charge is -2.25. The molecule has 3 N–H and O–H groups in total. The number of aliphatic hydroxyl groups is 1. The van der Waals surface area contributed by atoms with Gasteiger partial charge in [-0.15, -0.1) is 0 Å². The standard InChI is InChI=1S/C22H27F3N2O2/c1-4-15(2)20(28)27-19-10-5-7-16(11-19)13-26-14-21(3,29)17-8-6-9-18(12-17)22(23,24)25/h5-12,15,26,29H,4,13-14H2,1-3H3,(H,27,28). The van der Waals surface area contributed by atoms with Gasteiger partial charge in [0.15, 0.2) is 0 Å². The number of carbonyl (C=O) groups excluding carboxylic acids is 1. The molecule has 0 saturated heterocycles. The maximum Gasteiger partial charge on any atom is 0.416 e. The Balaban J connectivity index is 1.99. The first-order valence-corrected chi connectivity index (χ1v) is 9.53. The molecule has 2 unspecified atom stereocenters. The molecule has 0 aliphatic carbocycles. The van der Waals surface area contributed by atoms with Crippen molar-refractivity contribution in [3.05, 3.63) is 65.2 Å². The second kappa shape index (κ2) is 9.41. The van der Waals surface area contributed by atoms with Crippen molar-refractivity contribution < 1.29 is 23.1 Å². The minimum atomic E-state index is -4.46. The zero-order valence-electron chi connectivity index (χ0n) is 16.8. The lowest BCUT2D eigenvalue weighted by atomic mass is 9.94. The van der Waals surface area contributed by atoms with E-state index >= 15 is 0 Å².